The summed E-state index contributed by atoms with van der Waals surface area (Å²) in [5.74, 6) is 1.62. The second-order valence-electron chi connectivity index (χ2n) is 8.01. The summed E-state index contributed by atoms with van der Waals surface area (Å²) in [5, 5.41) is 7.90. The van der Waals surface area contributed by atoms with Crippen molar-refractivity contribution >= 4 is 22.6 Å². The SMILES string of the molecule is CN(C)c1cc(CNC(=O)CC2CC3CCC(C2)N3)c2ccccc2n1. The first kappa shape index (κ1) is 17.3. The number of anilines is 1. The number of fused-ring (bicyclic) bond motifs is 3. The van der Waals surface area contributed by atoms with E-state index in [0.29, 0.717) is 31.0 Å². The van der Waals surface area contributed by atoms with Crippen LogP contribution in [0, 0.1) is 5.92 Å². The lowest BCUT2D eigenvalue weighted by Gasteiger charge is -2.28. The van der Waals surface area contributed by atoms with Crippen molar-refractivity contribution in [3.8, 4) is 0 Å². The molecule has 1 aromatic carbocycles. The predicted molar refractivity (Wildman–Crippen MR) is 105 cm³/mol. The fourth-order valence-electron chi connectivity index (χ4n) is 4.48. The molecule has 3 heterocycles. The smallest absolute Gasteiger partial charge is 0.220 e. The van der Waals surface area contributed by atoms with E-state index < -0.39 is 0 Å². The van der Waals surface area contributed by atoms with Gasteiger partial charge in [0.25, 0.3) is 0 Å². The monoisotopic (exact) mass is 352 g/mol. The Morgan fingerprint density at radius 3 is 2.69 bits per heavy atom. The molecule has 138 valence electrons. The second kappa shape index (κ2) is 7.23. The Morgan fingerprint density at radius 2 is 1.96 bits per heavy atom. The minimum Gasteiger partial charge on any atom is -0.363 e. The number of hydrogen-bond donors (Lipinski definition) is 2. The molecule has 1 amide bonds. The average Bonchev–Trinajstić information content (AvgIpc) is 2.97. The maximum absolute atomic E-state index is 12.5. The largest absolute Gasteiger partial charge is 0.363 e. The third-order valence-electron chi connectivity index (χ3n) is 5.77. The van der Waals surface area contributed by atoms with Crippen LogP contribution in [0.4, 0.5) is 5.82 Å². The first-order valence-electron chi connectivity index (χ1n) is 9.67. The molecule has 1 aromatic heterocycles. The Bertz CT molecular complexity index is 792. The van der Waals surface area contributed by atoms with Crippen LogP contribution in [0.2, 0.25) is 0 Å². The van der Waals surface area contributed by atoms with Gasteiger partial charge in [0.05, 0.1) is 5.52 Å². The highest BCUT2D eigenvalue weighted by molar-refractivity contribution is 5.85. The van der Waals surface area contributed by atoms with Gasteiger partial charge in [0.1, 0.15) is 5.82 Å². The Kier molecular flexibility index (Phi) is 4.81. The van der Waals surface area contributed by atoms with Crippen LogP contribution in [0.15, 0.2) is 30.3 Å². The van der Waals surface area contributed by atoms with Crippen LogP contribution in [-0.2, 0) is 11.3 Å². The minimum absolute atomic E-state index is 0.170. The molecule has 26 heavy (non-hydrogen) atoms. The van der Waals surface area contributed by atoms with Crippen LogP contribution in [0.25, 0.3) is 10.9 Å². The first-order valence-corrected chi connectivity index (χ1v) is 9.67. The zero-order chi connectivity index (χ0) is 18.1. The zero-order valence-electron chi connectivity index (χ0n) is 15.7. The maximum Gasteiger partial charge on any atom is 0.220 e. The average molecular weight is 352 g/mol. The van der Waals surface area contributed by atoms with Crippen molar-refractivity contribution in [2.24, 2.45) is 5.92 Å². The van der Waals surface area contributed by atoms with E-state index in [0.717, 1.165) is 35.1 Å². The van der Waals surface area contributed by atoms with Gasteiger partial charge in [-0.15, -0.1) is 0 Å². The molecule has 0 radical (unpaired) electrons. The normalized spacial score (nSPS) is 24.6. The lowest BCUT2D eigenvalue weighted by atomic mass is 9.89. The summed E-state index contributed by atoms with van der Waals surface area (Å²) < 4.78 is 0. The fourth-order valence-corrected chi connectivity index (χ4v) is 4.48. The van der Waals surface area contributed by atoms with Crippen molar-refractivity contribution in [2.75, 3.05) is 19.0 Å². The van der Waals surface area contributed by atoms with Gasteiger partial charge in [0, 0.05) is 44.5 Å². The number of carbonyl (C=O) groups excluding carboxylic acids is 1. The molecule has 4 rings (SSSR count). The van der Waals surface area contributed by atoms with Crippen molar-refractivity contribution in [3.63, 3.8) is 0 Å². The molecular formula is C21H28N4O. The molecule has 2 saturated heterocycles. The van der Waals surface area contributed by atoms with E-state index in [1.807, 2.05) is 37.2 Å². The molecule has 0 saturated carbocycles. The standard InChI is InChI=1S/C21H28N4O/c1-25(2)20-12-15(18-5-3-4-6-19(18)24-20)13-22-21(26)11-14-9-16-7-8-17(10-14)23-16/h3-6,12,14,16-17,23H,7-11,13H2,1-2H3,(H,22,26). The Hall–Kier alpha value is -2.14. The van der Waals surface area contributed by atoms with Gasteiger partial charge < -0.3 is 15.5 Å². The summed E-state index contributed by atoms with van der Waals surface area (Å²) in [5.41, 5.74) is 2.09. The van der Waals surface area contributed by atoms with Gasteiger partial charge in [-0.1, -0.05) is 18.2 Å². The third kappa shape index (κ3) is 3.68. The molecule has 2 N–H and O–H groups in total. The van der Waals surface area contributed by atoms with E-state index in [-0.39, 0.29) is 5.91 Å². The van der Waals surface area contributed by atoms with Gasteiger partial charge in [0.2, 0.25) is 5.91 Å². The quantitative estimate of drug-likeness (QED) is 0.869. The number of rotatable bonds is 5. The number of nitrogens with one attached hydrogen (secondary N) is 2. The van der Waals surface area contributed by atoms with E-state index >= 15 is 0 Å². The Balaban J connectivity index is 1.43. The molecule has 5 nitrogen and oxygen atoms in total. The molecule has 2 atom stereocenters. The number of piperidine rings is 1. The van der Waals surface area contributed by atoms with Crippen molar-refractivity contribution in [3.05, 3.63) is 35.9 Å². The summed E-state index contributed by atoms with van der Waals surface area (Å²) in [6, 6.07) is 11.5. The Morgan fingerprint density at radius 1 is 1.23 bits per heavy atom. The molecule has 2 aliphatic rings. The lowest BCUT2D eigenvalue weighted by molar-refractivity contribution is -0.122. The number of pyridine rings is 1. The molecule has 2 aromatic rings. The number of para-hydroxylation sites is 1. The number of nitrogens with zero attached hydrogens (tertiary/aromatic N) is 2. The van der Waals surface area contributed by atoms with Crippen LogP contribution in [-0.4, -0.2) is 37.1 Å². The number of benzene rings is 1. The van der Waals surface area contributed by atoms with Crippen LogP contribution in [0.5, 0.6) is 0 Å². The van der Waals surface area contributed by atoms with E-state index in [1.165, 1.54) is 12.8 Å². The van der Waals surface area contributed by atoms with Crippen LogP contribution < -0.4 is 15.5 Å². The molecular weight excluding hydrogens is 324 g/mol. The van der Waals surface area contributed by atoms with Gasteiger partial charge in [-0.2, -0.15) is 0 Å². The van der Waals surface area contributed by atoms with Gasteiger partial charge >= 0.3 is 0 Å². The minimum atomic E-state index is 0.170. The molecule has 0 spiro atoms. The van der Waals surface area contributed by atoms with Crippen molar-refractivity contribution < 1.29 is 4.79 Å². The summed E-state index contributed by atoms with van der Waals surface area (Å²) in [6.07, 6.45) is 5.50. The number of carbonyl (C=O) groups is 1. The van der Waals surface area contributed by atoms with Crippen LogP contribution in [0.1, 0.15) is 37.7 Å². The molecule has 2 bridgehead atoms. The summed E-state index contributed by atoms with van der Waals surface area (Å²) in [4.78, 5) is 19.2. The van der Waals surface area contributed by atoms with Crippen LogP contribution >= 0.6 is 0 Å². The summed E-state index contributed by atoms with van der Waals surface area (Å²) >= 11 is 0. The zero-order valence-corrected chi connectivity index (χ0v) is 15.7. The number of amides is 1. The highest BCUT2D eigenvalue weighted by Crippen LogP contribution is 2.32. The van der Waals surface area contributed by atoms with E-state index in [1.54, 1.807) is 0 Å². The van der Waals surface area contributed by atoms with E-state index in [2.05, 4.69) is 27.8 Å². The number of hydrogen-bond acceptors (Lipinski definition) is 4. The van der Waals surface area contributed by atoms with E-state index in [4.69, 9.17) is 0 Å². The van der Waals surface area contributed by atoms with Crippen molar-refractivity contribution in [2.45, 2.75) is 50.7 Å². The first-order chi connectivity index (χ1) is 12.6. The maximum atomic E-state index is 12.5. The second-order valence-corrected chi connectivity index (χ2v) is 8.01. The molecule has 2 fully saturated rings. The number of aromatic nitrogens is 1. The molecule has 2 unspecified atom stereocenters. The lowest BCUT2D eigenvalue weighted by Crippen LogP contribution is -2.39. The topological polar surface area (TPSA) is 57.3 Å². The Labute approximate surface area is 155 Å². The third-order valence-corrected chi connectivity index (χ3v) is 5.77. The predicted octanol–water partition coefficient (Wildman–Crippen LogP) is 2.84. The highest BCUT2D eigenvalue weighted by atomic mass is 16.1. The van der Waals surface area contributed by atoms with Gasteiger partial charge in [-0.3, -0.25) is 4.79 Å². The summed E-state index contributed by atoms with van der Waals surface area (Å²) in [7, 11) is 3.98. The van der Waals surface area contributed by atoms with Crippen molar-refractivity contribution in [1.82, 2.24) is 15.6 Å². The van der Waals surface area contributed by atoms with Gasteiger partial charge in [-0.25, -0.2) is 4.98 Å². The van der Waals surface area contributed by atoms with E-state index in [9.17, 15) is 4.79 Å². The highest BCUT2D eigenvalue weighted by Gasteiger charge is 2.34. The molecule has 0 aliphatic carbocycles. The van der Waals surface area contributed by atoms with Gasteiger partial charge in [0.15, 0.2) is 0 Å². The molecule has 5 heteroatoms. The van der Waals surface area contributed by atoms with Crippen molar-refractivity contribution in [1.29, 1.82) is 0 Å². The van der Waals surface area contributed by atoms with Gasteiger partial charge in [-0.05, 0) is 49.3 Å². The fraction of sp³-hybridized carbons (Fsp3) is 0.524. The molecule has 2 aliphatic heterocycles. The summed E-state index contributed by atoms with van der Waals surface area (Å²) in [6.45, 7) is 0.556. The van der Waals surface area contributed by atoms with Crippen LogP contribution in [0.3, 0.4) is 0 Å².